The highest BCUT2D eigenvalue weighted by Gasteiger charge is 2.10. The molecule has 0 saturated carbocycles. The van der Waals surface area contributed by atoms with Gasteiger partial charge in [-0.1, -0.05) is 0 Å². The molecule has 0 aliphatic rings. The lowest BCUT2D eigenvalue weighted by Gasteiger charge is -2.02. The van der Waals surface area contributed by atoms with Crippen molar-refractivity contribution in [2.45, 2.75) is 0 Å². The topological polar surface area (TPSA) is 44.1 Å². The summed E-state index contributed by atoms with van der Waals surface area (Å²) in [5, 5.41) is 8.48. The number of nitrogens with zero attached hydrogens (tertiary/aromatic N) is 2. The molecule has 0 aliphatic heterocycles. The Kier molecular flexibility index (Phi) is 3.13. The maximum atomic E-state index is 11.1. The van der Waals surface area contributed by atoms with Crippen molar-refractivity contribution in [3.05, 3.63) is 35.4 Å². The number of nitriles is 1. The molecule has 0 aliphatic carbocycles. The molecule has 0 spiro atoms. The van der Waals surface area contributed by atoms with Crippen LogP contribution in [0.15, 0.2) is 24.3 Å². The van der Waals surface area contributed by atoms with Gasteiger partial charge in [0.2, 0.25) is 0 Å². The van der Waals surface area contributed by atoms with E-state index in [1.165, 1.54) is 24.3 Å². The second kappa shape index (κ2) is 4.13. The quantitative estimate of drug-likeness (QED) is 0.674. The SMILES string of the molecule is N#Cc1ccc(C(=O)N(Cl)Cl)cc1. The van der Waals surface area contributed by atoms with Crippen LogP contribution in [0.1, 0.15) is 15.9 Å². The summed E-state index contributed by atoms with van der Waals surface area (Å²) < 4.78 is 0.446. The van der Waals surface area contributed by atoms with E-state index in [0.29, 0.717) is 15.1 Å². The van der Waals surface area contributed by atoms with Crippen LogP contribution in [-0.2, 0) is 0 Å². The van der Waals surface area contributed by atoms with E-state index < -0.39 is 5.91 Å². The molecule has 13 heavy (non-hydrogen) atoms. The van der Waals surface area contributed by atoms with Crippen LogP contribution < -0.4 is 0 Å². The lowest BCUT2D eigenvalue weighted by Crippen LogP contribution is -2.10. The summed E-state index contributed by atoms with van der Waals surface area (Å²) >= 11 is 10.4. The second-order valence-corrected chi connectivity index (χ2v) is 3.08. The molecule has 1 rings (SSSR count). The van der Waals surface area contributed by atoms with Gasteiger partial charge in [-0.25, -0.2) is 0 Å². The smallest absolute Gasteiger partial charge is 0.266 e. The molecule has 0 radical (unpaired) electrons. The molecular weight excluding hydrogens is 211 g/mol. The van der Waals surface area contributed by atoms with Crippen LogP contribution in [0.5, 0.6) is 0 Å². The molecule has 0 bridgehead atoms. The van der Waals surface area contributed by atoms with Crippen LogP contribution >= 0.6 is 23.6 Å². The lowest BCUT2D eigenvalue weighted by molar-refractivity contribution is 0.0924. The number of amides is 1. The summed E-state index contributed by atoms with van der Waals surface area (Å²) in [5.74, 6) is -0.521. The van der Waals surface area contributed by atoms with Crippen LogP contribution in [0.25, 0.3) is 0 Å². The highest BCUT2D eigenvalue weighted by atomic mass is 35.5. The zero-order valence-corrected chi connectivity index (χ0v) is 7.88. The summed E-state index contributed by atoms with van der Waals surface area (Å²) in [4.78, 5) is 11.1. The van der Waals surface area contributed by atoms with Gasteiger partial charge in [-0.05, 0) is 24.3 Å². The predicted molar refractivity (Wildman–Crippen MR) is 49.0 cm³/mol. The molecule has 0 fully saturated rings. The maximum absolute atomic E-state index is 11.1. The van der Waals surface area contributed by atoms with Crippen LogP contribution in [0.2, 0.25) is 0 Å². The van der Waals surface area contributed by atoms with Gasteiger partial charge in [0.25, 0.3) is 5.91 Å². The Hall–Kier alpha value is -1.24. The lowest BCUT2D eigenvalue weighted by atomic mass is 10.1. The van der Waals surface area contributed by atoms with Crippen molar-refractivity contribution in [1.82, 2.24) is 3.94 Å². The number of hydrogen-bond donors (Lipinski definition) is 0. The third-order valence-corrected chi connectivity index (χ3v) is 1.72. The van der Waals surface area contributed by atoms with E-state index in [1.54, 1.807) is 0 Å². The summed E-state index contributed by atoms with van der Waals surface area (Å²) in [6.45, 7) is 0. The fourth-order valence-electron chi connectivity index (χ4n) is 0.785. The van der Waals surface area contributed by atoms with Crippen molar-refractivity contribution in [3.8, 4) is 6.07 Å². The van der Waals surface area contributed by atoms with Crippen LogP contribution in [0.3, 0.4) is 0 Å². The molecule has 5 heteroatoms. The molecule has 0 unspecified atom stereocenters. The first-order valence-corrected chi connectivity index (χ1v) is 3.99. The first-order valence-electron chi connectivity index (χ1n) is 3.31. The van der Waals surface area contributed by atoms with Crippen LogP contribution in [-0.4, -0.2) is 9.85 Å². The molecule has 3 nitrogen and oxygen atoms in total. The van der Waals surface area contributed by atoms with Crippen molar-refractivity contribution in [1.29, 1.82) is 5.26 Å². The summed E-state index contributed by atoms with van der Waals surface area (Å²) in [6.07, 6.45) is 0. The van der Waals surface area contributed by atoms with Gasteiger partial charge in [-0.2, -0.15) is 9.20 Å². The number of halogens is 2. The molecule has 1 aromatic rings. The highest BCUT2D eigenvalue weighted by molar-refractivity contribution is 6.43. The zero-order chi connectivity index (χ0) is 9.84. The predicted octanol–water partition coefficient (Wildman–Crippen LogP) is 2.31. The molecular formula is C8H4Cl2N2O. The molecule has 0 aromatic heterocycles. The Morgan fingerprint density at radius 2 is 1.85 bits per heavy atom. The summed E-state index contributed by atoms with van der Waals surface area (Å²) in [5.41, 5.74) is 0.816. The largest absolute Gasteiger partial charge is 0.283 e. The highest BCUT2D eigenvalue weighted by Crippen LogP contribution is 2.10. The molecule has 66 valence electrons. The van der Waals surface area contributed by atoms with E-state index in [4.69, 9.17) is 28.8 Å². The fourth-order valence-corrected chi connectivity index (χ4v) is 0.980. The van der Waals surface area contributed by atoms with Crippen molar-refractivity contribution >= 4 is 29.5 Å². The Balaban J connectivity index is 2.94. The normalized spacial score (nSPS) is 9.00. The van der Waals surface area contributed by atoms with Crippen molar-refractivity contribution in [2.24, 2.45) is 0 Å². The Bertz CT molecular complexity index is 353. The van der Waals surface area contributed by atoms with Gasteiger partial charge in [0.15, 0.2) is 0 Å². The first kappa shape index (κ1) is 9.85. The fraction of sp³-hybridized carbons (Fsp3) is 0. The molecule has 0 saturated heterocycles. The van der Waals surface area contributed by atoms with Gasteiger partial charge in [0.1, 0.15) is 0 Å². The van der Waals surface area contributed by atoms with Crippen molar-refractivity contribution in [3.63, 3.8) is 0 Å². The van der Waals surface area contributed by atoms with Gasteiger partial charge in [-0.3, -0.25) is 4.79 Å². The van der Waals surface area contributed by atoms with Crippen LogP contribution in [0.4, 0.5) is 0 Å². The number of rotatable bonds is 1. The van der Waals surface area contributed by atoms with E-state index in [2.05, 4.69) is 0 Å². The monoisotopic (exact) mass is 214 g/mol. The third-order valence-electron chi connectivity index (χ3n) is 1.41. The zero-order valence-electron chi connectivity index (χ0n) is 6.37. The Morgan fingerprint density at radius 3 is 2.23 bits per heavy atom. The van der Waals surface area contributed by atoms with Crippen molar-refractivity contribution < 1.29 is 4.79 Å². The Labute approximate surface area is 85.3 Å². The van der Waals surface area contributed by atoms with E-state index >= 15 is 0 Å². The van der Waals surface area contributed by atoms with Crippen LogP contribution in [0, 0.1) is 11.3 Å². The standard InChI is InChI=1S/C8H4Cl2N2O/c9-12(10)8(13)7-3-1-6(5-11)2-4-7/h1-4H. The molecule has 0 N–H and O–H groups in total. The summed E-state index contributed by atoms with van der Waals surface area (Å²) in [7, 11) is 0. The van der Waals surface area contributed by atoms with Gasteiger partial charge in [0.05, 0.1) is 11.6 Å². The van der Waals surface area contributed by atoms with Gasteiger partial charge in [-0.15, -0.1) is 0 Å². The first-order chi connectivity index (χ1) is 6.15. The number of hydrogen-bond acceptors (Lipinski definition) is 2. The molecule has 1 aromatic carbocycles. The van der Waals surface area contributed by atoms with E-state index in [9.17, 15) is 4.79 Å². The second-order valence-electron chi connectivity index (χ2n) is 2.23. The van der Waals surface area contributed by atoms with E-state index in [1.807, 2.05) is 6.07 Å². The summed E-state index contributed by atoms with van der Waals surface area (Å²) in [6, 6.07) is 7.94. The third kappa shape index (κ3) is 2.35. The minimum Gasteiger partial charge on any atom is -0.266 e. The van der Waals surface area contributed by atoms with E-state index in [-0.39, 0.29) is 0 Å². The van der Waals surface area contributed by atoms with Gasteiger partial charge >= 0.3 is 0 Å². The van der Waals surface area contributed by atoms with Gasteiger partial charge < -0.3 is 0 Å². The average molecular weight is 215 g/mol. The minimum atomic E-state index is -0.521. The van der Waals surface area contributed by atoms with E-state index in [0.717, 1.165) is 0 Å². The minimum absolute atomic E-state index is 0.337. The van der Waals surface area contributed by atoms with Gasteiger partial charge in [0, 0.05) is 29.1 Å². The number of carbonyl (C=O) groups excluding carboxylic acids is 1. The number of carbonyl (C=O) groups is 1. The molecule has 1 amide bonds. The Morgan fingerprint density at radius 1 is 1.31 bits per heavy atom. The number of benzene rings is 1. The molecule has 0 heterocycles. The average Bonchev–Trinajstić information content (AvgIpc) is 2.17. The van der Waals surface area contributed by atoms with Crippen molar-refractivity contribution in [2.75, 3.05) is 0 Å². The maximum Gasteiger partial charge on any atom is 0.283 e. The molecule has 0 atom stereocenters.